The van der Waals surface area contributed by atoms with Gasteiger partial charge in [-0.1, -0.05) is 26.3 Å². The maximum absolute atomic E-state index is 12.4. The van der Waals surface area contributed by atoms with Crippen molar-refractivity contribution in [1.82, 2.24) is 0 Å². The second kappa shape index (κ2) is 7.85. The largest absolute Gasteiger partial charge is 0.496 e. The zero-order valence-electron chi connectivity index (χ0n) is 16.4. The Hall–Kier alpha value is -2.14. The molecule has 1 fully saturated rings. The summed E-state index contributed by atoms with van der Waals surface area (Å²) in [6, 6.07) is 5.56. The normalized spacial score (nSPS) is 25.7. The number of rotatable bonds is 7. The van der Waals surface area contributed by atoms with Crippen LogP contribution in [-0.4, -0.2) is 31.0 Å². The Bertz CT molecular complexity index is 770. The van der Waals surface area contributed by atoms with Crippen molar-refractivity contribution in [3.05, 3.63) is 41.0 Å². The third-order valence-corrected chi connectivity index (χ3v) is 6.05. The summed E-state index contributed by atoms with van der Waals surface area (Å²) in [5.74, 6) is 0.467. The van der Waals surface area contributed by atoms with Crippen molar-refractivity contribution < 1.29 is 19.1 Å². The highest BCUT2D eigenvalue weighted by Crippen LogP contribution is 2.47. The highest BCUT2D eigenvalue weighted by Gasteiger charge is 2.49. The molecule has 0 saturated carbocycles. The van der Waals surface area contributed by atoms with Crippen LogP contribution in [0, 0.1) is 11.8 Å². The topological polar surface area (TPSA) is 78.6 Å². The molecule has 5 nitrogen and oxygen atoms in total. The molecular weight excluding hydrogens is 342 g/mol. The number of amides is 1. The highest BCUT2D eigenvalue weighted by molar-refractivity contribution is 5.96. The van der Waals surface area contributed by atoms with Crippen molar-refractivity contribution in [2.75, 3.05) is 13.7 Å². The van der Waals surface area contributed by atoms with Gasteiger partial charge in [0.15, 0.2) is 5.78 Å². The number of nitrogens with two attached hydrogens (primary N) is 1. The number of benzene rings is 1. The minimum Gasteiger partial charge on any atom is -0.496 e. The maximum atomic E-state index is 12.4. The molecule has 0 bridgehead atoms. The summed E-state index contributed by atoms with van der Waals surface area (Å²) in [7, 11) is 1.53. The van der Waals surface area contributed by atoms with E-state index in [4.69, 9.17) is 15.2 Å². The number of ketones is 1. The lowest BCUT2D eigenvalue weighted by Gasteiger charge is -2.41. The molecule has 2 N–H and O–H groups in total. The van der Waals surface area contributed by atoms with Crippen LogP contribution in [0.25, 0.3) is 0 Å². The molecule has 3 rings (SSSR count). The van der Waals surface area contributed by atoms with Crippen LogP contribution in [0.3, 0.4) is 0 Å². The van der Waals surface area contributed by atoms with Crippen molar-refractivity contribution in [2.24, 2.45) is 17.6 Å². The van der Waals surface area contributed by atoms with E-state index in [0.29, 0.717) is 17.9 Å². The fraction of sp³-hybridized carbons (Fsp3) is 0.545. The van der Waals surface area contributed by atoms with Gasteiger partial charge in [-0.3, -0.25) is 9.59 Å². The minimum absolute atomic E-state index is 0.0383. The number of carbonyl (C=O) groups is 2. The Morgan fingerprint density at radius 1 is 1.44 bits per heavy atom. The molecule has 1 aromatic rings. The predicted molar refractivity (Wildman–Crippen MR) is 104 cm³/mol. The van der Waals surface area contributed by atoms with E-state index in [0.717, 1.165) is 43.2 Å². The highest BCUT2D eigenvalue weighted by atomic mass is 16.5. The summed E-state index contributed by atoms with van der Waals surface area (Å²) in [6.45, 7) is 4.95. The van der Waals surface area contributed by atoms with Gasteiger partial charge in [0.2, 0.25) is 0 Å². The summed E-state index contributed by atoms with van der Waals surface area (Å²) in [4.78, 5) is 24.2. The molecular formula is C22H29NO4. The number of ether oxygens (including phenoxy) is 2. The molecule has 1 saturated heterocycles. The summed E-state index contributed by atoms with van der Waals surface area (Å²) in [6.07, 6.45) is 6.06. The number of allylic oxidation sites excluding steroid dienone is 1. The third kappa shape index (κ3) is 3.65. The van der Waals surface area contributed by atoms with Gasteiger partial charge in [0.25, 0.3) is 5.91 Å². The van der Waals surface area contributed by atoms with E-state index in [-0.39, 0.29) is 23.2 Å². The Morgan fingerprint density at radius 3 is 2.89 bits per heavy atom. The molecule has 5 heteroatoms. The maximum Gasteiger partial charge on any atom is 0.252 e. The van der Waals surface area contributed by atoms with Gasteiger partial charge < -0.3 is 15.2 Å². The van der Waals surface area contributed by atoms with Crippen molar-refractivity contribution in [3.63, 3.8) is 0 Å². The van der Waals surface area contributed by atoms with Crippen LogP contribution in [0.4, 0.5) is 0 Å². The number of methoxy groups -OCH3 is 1. The summed E-state index contributed by atoms with van der Waals surface area (Å²) >= 11 is 0. The van der Waals surface area contributed by atoms with E-state index < -0.39 is 5.91 Å². The van der Waals surface area contributed by atoms with Crippen molar-refractivity contribution in [2.45, 2.75) is 51.6 Å². The van der Waals surface area contributed by atoms with Gasteiger partial charge in [-0.2, -0.15) is 0 Å². The van der Waals surface area contributed by atoms with E-state index in [2.05, 4.69) is 13.8 Å². The number of fused-ring (bicyclic) bond motifs is 1. The van der Waals surface area contributed by atoms with Crippen LogP contribution in [0.15, 0.2) is 29.8 Å². The van der Waals surface area contributed by atoms with Gasteiger partial charge in [0.05, 0.1) is 24.9 Å². The van der Waals surface area contributed by atoms with Gasteiger partial charge in [-0.25, -0.2) is 0 Å². The average molecular weight is 371 g/mol. The lowest BCUT2D eigenvalue weighted by atomic mass is 9.68. The Kier molecular flexibility index (Phi) is 5.70. The van der Waals surface area contributed by atoms with Gasteiger partial charge in [0, 0.05) is 5.92 Å². The van der Waals surface area contributed by atoms with Crippen LogP contribution in [0.2, 0.25) is 0 Å². The van der Waals surface area contributed by atoms with Crippen LogP contribution in [-0.2, 0) is 16.0 Å². The van der Waals surface area contributed by atoms with Gasteiger partial charge in [-0.05, 0) is 60.9 Å². The first-order valence-electron chi connectivity index (χ1n) is 9.76. The van der Waals surface area contributed by atoms with Crippen LogP contribution in [0.5, 0.6) is 5.75 Å². The predicted octanol–water partition coefficient (Wildman–Crippen LogP) is 3.45. The molecule has 0 radical (unpaired) electrons. The fourth-order valence-electron chi connectivity index (χ4n) is 4.63. The smallest absolute Gasteiger partial charge is 0.252 e. The fourth-order valence-corrected chi connectivity index (χ4v) is 4.63. The summed E-state index contributed by atoms with van der Waals surface area (Å²) in [5, 5.41) is 0. The van der Waals surface area contributed by atoms with E-state index in [1.807, 2.05) is 18.2 Å². The molecule has 1 unspecified atom stereocenters. The van der Waals surface area contributed by atoms with Crippen LogP contribution >= 0.6 is 0 Å². The first-order valence-corrected chi connectivity index (χ1v) is 9.76. The standard InChI is InChI=1S/C22H29NO4/c1-4-5-16-13-22(17(8-9-27-22)12-19(16)24)14(2)10-15-6-7-20(26-3)18(11-15)21(23)25/h6-7,11-12,14,16H,4-5,8-10,13H2,1-3H3,(H2,23,25)/t14?,16-,22+/m0/s1. The Balaban J connectivity index is 1.87. The first kappa shape index (κ1) is 19.6. The monoisotopic (exact) mass is 371 g/mol. The Labute approximate surface area is 160 Å². The molecule has 1 aromatic carbocycles. The van der Waals surface area contributed by atoms with Gasteiger partial charge >= 0.3 is 0 Å². The lowest BCUT2D eigenvalue weighted by Crippen LogP contribution is -2.44. The molecule has 1 aliphatic heterocycles. The number of hydrogen-bond acceptors (Lipinski definition) is 4. The molecule has 2 aliphatic rings. The van der Waals surface area contributed by atoms with Gasteiger partial charge in [-0.15, -0.1) is 0 Å². The van der Waals surface area contributed by atoms with E-state index in [9.17, 15) is 9.59 Å². The average Bonchev–Trinajstić information content (AvgIpc) is 3.06. The minimum atomic E-state index is -0.497. The molecule has 3 atom stereocenters. The molecule has 0 spiro atoms. The van der Waals surface area contributed by atoms with Crippen molar-refractivity contribution in [1.29, 1.82) is 0 Å². The number of carbonyl (C=O) groups excluding carboxylic acids is 2. The zero-order valence-corrected chi connectivity index (χ0v) is 16.4. The molecule has 1 amide bonds. The van der Waals surface area contributed by atoms with Crippen LogP contribution < -0.4 is 10.5 Å². The van der Waals surface area contributed by atoms with E-state index in [1.54, 1.807) is 6.07 Å². The third-order valence-electron chi connectivity index (χ3n) is 6.05. The van der Waals surface area contributed by atoms with E-state index >= 15 is 0 Å². The number of hydrogen-bond donors (Lipinski definition) is 1. The second-order valence-electron chi connectivity index (χ2n) is 7.75. The number of primary amides is 1. The van der Waals surface area contributed by atoms with Crippen molar-refractivity contribution >= 4 is 11.7 Å². The summed E-state index contributed by atoms with van der Waals surface area (Å²) in [5.41, 5.74) is 7.67. The zero-order chi connectivity index (χ0) is 19.6. The quantitative estimate of drug-likeness (QED) is 0.796. The molecule has 27 heavy (non-hydrogen) atoms. The molecule has 146 valence electrons. The van der Waals surface area contributed by atoms with Crippen molar-refractivity contribution in [3.8, 4) is 5.75 Å². The second-order valence-corrected chi connectivity index (χ2v) is 7.75. The Morgan fingerprint density at radius 2 is 2.22 bits per heavy atom. The molecule has 0 aromatic heterocycles. The van der Waals surface area contributed by atoms with Gasteiger partial charge in [0.1, 0.15) is 5.75 Å². The lowest BCUT2D eigenvalue weighted by molar-refractivity contribution is -0.123. The van der Waals surface area contributed by atoms with Crippen LogP contribution in [0.1, 0.15) is 55.5 Å². The molecule has 1 heterocycles. The summed E-state index contributed by atoms with van der Waals surface area (Å²) < 4.78 is 11.5. The molecule has 1 aliphatic carbocycles. The first-order chi connectivity index (χ1) is 12.9. The SMILES string of the molecule is CCC[C@H]1C[C@]2(C(C)Cc3ccc(OC)c(C(N)=O)c3)OCCC2=CC1=O. The van der Waals surface area contributed by atoms with E-state index in [1.165, 1.54) is 7.11 Å².